The highest BCUT2D eigenvalue weighted by atomic mass is 32.3. The van der Waals surface area contributed by atoms with Crippen molar-refractivity contribution in [2.75, 3.05) is 23.9 Å². The monoisotopic (exact) mass is 494 g/mol. The smallest absolute Gasteiger partial charge is 0.224 e. The third-order valence-corrected chi connectivity index (χ3v) is 10.6. The first kappa shape index (κ1) is 23.8. The van der Waals surface area contributed by atoms with Gasteiger partial charge >= 0.3 is 0 Å². The number of rotatable bonds is 6. The van der Waals surface area contributed by atoms with Crippen molar-refractivity contribution in [3.63, 3.8) is 0 Å². The first-order valence-electron chi connectivity index (χ1n) is 12.3. The standard InChI is InChI=1S/C24H35FN4O4S/c1-15(14-28-7-4-8-29(34(28,32)33)20-6-3-2-5-19(20)25)22(30)27-21-17-9-16-10-18(21)13-24(11-16,12-17)23(26)31/h2-3,5-6,15-18,21,32-33H,4,7-14H2,1H3,(H2,26,31)(H,27,30). The van der Waals surface area contributed by atoms with E-state index < -0.39 is 28.1 Å². The van der Waals surface area contributed by atoms with Gasteiger partial charge in [-0.05, 0) is 68.4 Å². The molecule has 2 amide bonds. The first-order chi connectivity index (χ1) is 16.1. The second-order valence-electron chi connectivity index (χ2n) is 10.8. The summed E-state index contributed by atoms with van der Waals surface area (Å²) in [6.07, 6.45) is 5.06. The fourth-order valence-corrected chi connectivity index (χ4v) is 8.99. The molecule has 1 aromatic carbocycles. The summed E-state index contributed by atoms with van der Waals surface area (Å²) < 4.78 is 39.2. The minimum absolute atomic E-state index is 0.0376. The number of primary amides is 1. The van der Waals surface area contributed by atoms with Crippen molar-refractivity contribution in [2.45, 2.75) is 51.5 Å². The van der Waals surface area contributed by atoms with Crippen molar-refractivity contribution in [3.05, 3.63) is 30.1 Å². The van der Waals surface area contributed by atoms with E-state index in [2.05, 4.69) is 5.32 Å². The van der Waals surface area contributed by atoms with E-state index in [4.69, 9.17) is 5.73 Å². The van der Waals surface area contributed by atoms with E-state index in [1.54, 1.807) is 19.1 Å². The highest BCUT2D eigenvalue weighted by Gasteiger charge is 2.58. The Morgan fingerprint density at radius 2 is 1.88 bits per heavy atom. The molecule has 1 aliphatic heterocycles. The maximum absolute atomic E-state index is 14.4. The lowest BCUT2D eigenvalue weighted by Crippen LogP contribution is -2.62. The van der Waals surface area contributed by atoms with Crippen LogP contribution in [0.2, 0.25) is 0 Å². The van der Waals surface area contributed by atoms with Crippen LogP contribution in [0.4, 0.5) is 10.1 Å². The van der Waals surface area contributed by atoms with Crippen molar-refractivity contribution >= 4 is 28.5 Å². The molecule has 1 aromatic rings. The number of anilines is 1. The van der Waals surface area contributed by atoms with Crippen molar-refractivity contribution in [1.82, 2.24) is 9.62 Å². The van der Waals surface area contributed by atoms with Gasteiger partial charge in [-0.2, -0.15) is 4.31 Å². The molecule has 188 valence electrons. The summed E-state index contributed by atoms with van der Waals surface area (Å²) in [6, 6.07) is 6.10. The normalized spacial score (nSPS) is 36.2. The molecule has 4 aliphatic carbocycles. The van der Waals surface area contributed by atoms with Gasteiger partial charge in [0.1, 0.15) is 5.82 Å². The van der Waals surface area contributed by atoms with Gasteiger partial charge in [0.05, 0.1) is 5.69 Å². The average Bonchev–Trinajstić information content (AvgIpc) is 2.77. The zero-order chi connectivity index (χ0) is 24.3. The van der Waals surface area contributed by atoms with Crippen LogP contribution in [0.25, 0.3) is 0 Å². The van der Waals surface area contributed by atoms with Crippen LogP contribution in [0.5, 0.6) is 0 Å². The van der Waals surface area contributed by atoms with Crippen LogP contribution >= 0.6 is 11.0 Å². The lowest BCUT2D eigenvalue weighted by Gasteiger charge is -2.59. The molecule has 3 unspecified atom stereocenters. The van der Waals surface area contributed by atoms with Crippen LogP contribution in [-0.4, -0.2) is 50.9 Å². The molecule has 6 rings (SSSR count). The van der Waals surface area contributed by atoms with Crippen LogP contribution < -0.4 is 15.4 Å². The Labute approximate surface area is 201 Å². The van der Waals surface area contributed by atoms with Gasteiger partial charge in [0.2, 0.25) is 11.8 Å². The van der Waals surface area contributed by atoms with Gasteiger partial charge in [-0.3, -0.25) is 23.0 Å². The average molecular weight is 495 g/mol. The molecule has 3 atom stereocenters. The van der Waals surface area contributed by atoms with Crippen LogP contribution in [0.15, 0.2) is 24.3 Å². The van der Waals surface area contributed by atoms with E-state index in [0.717, 1.165) is 32.1 Å². The Morgan fingerprint density at radius 3 is 2.53 bits per heavy atom. The Bertz CT molecular complexity index is 962. The van der Waals surface area contributed by atoms with Crippen LogP contribution in [0.3, 0.4) is 0 Å². The number of nitrogens with two attached hydrogens (primary N) is 1. The second-order valence-corrected chi connectivity index (χ2v) is 12.8. The van der Waals surface area contributed by atoms with E-state index in [1.165, 1.54) is 20.7 Å². The minimum atomic E-state index is -3.44. The highest BCUT2D eigenvalue weighted by Crippen LogP contribution is 2.60. The number of halogens is 1. The van der Waals surface area contributed by atoms with Crippen molar-refractivity contribution in [1.29, 1.82) is 0 Å². The van der Waals surface area contributed by atoms with E-state index in [1.807, 2.05) is 0 Å². The number of carbonyl (C=O) groups excluding carboxylic acids is 2. The molecule has 1 saturated heterocycles. The van der Waals surface area contributed by atoms with Gasteiger partial charge in [0.25, 0.3) is 0 Å². The number of benzene rings is 1. The number of hydrogen-bond acceptors (Lipinski definition) is 6. The van der Waals surface area contributed by atoms with E-state index in [0.29, 0.717) is 25.4 Å². The number of nitrogens with zero attached hydrogens (tertiary/aromatic N) is 2. The fraction of sp³-hybridized carbons (Fsp3) is 0.667. The molecule has 5 aliphatic rings. The molecule has 5 N–H and O–H groups in total. The molecule has 5 fully saturated rings. The van der Waals surface area contributed by atoms with E-state index in [9.17, 15) is 23.1 Å². The lowest BCUT2D eigenvalue weighted by atomic mass is 9.47. The first-order valence-corrected chi connectivity index (χ1v) is 13.7. The molecule has 0 radical (unpaired) electrons. The second kappa shape index (κ2) is 8.65. The molecule has 8 nitrogen and oxygen atoms in total. The third-order valence-electron chi connectivity index (χ3n) is 8.56. The largest absolute Gasteiger partial charge is 0.369 e. The van der Waals surface area contributed by atoms with Crippen molar-refractivity contribution in [2.24, 2.45) is 34.8 Å². The van der Waals surface area contributed by atoms with Crippen LogP contribution in [0.1, 0.15) is 45.4 Å². The molecule has 34 heavy (non-hydrogen) atoms. The van der Waals surface area contributed by atoms with E-state index in [-0.39, 0.29) is 41.9 Å². The van der Waals surface area contributed by atoms with Crippen molar-refractivity contribution < 1.29 is 23.1 Å². The molecular formula is C24H35FN4O4S. The van der Waals surface area contributed by atoms with Crippen molar-refractivity contribution in [3.8, 4) is 0 Å². The number of amides is 2. The summed E-state index contributed by atoms with van der Waals surface area (Å²) in [6.45, 7) is 2.69. The highest BCUT2D eigenvalue weighted by molar-refractivity contribution is 8.23. The summed E-state index contributed by atoms with van der Waals surface area (Å²) in [5, 5.41) is 3.24. The van der Waals surface area contributed by atoms with Gasteiger partial charge in [-0.25, -0.2) is 4.39 Å². The Balaban J connectivity index is 1.24. The summed E-state index contributed by atoms with van der Waals surface area (Å²) in [4.78, 5) is 25.4. The fourth-order valence-electron chi connectivity index (χ4n) is 7.13. The van der Waals surface area contributed by atoms with Crippen LogP contribution in [0, 0.1) is 34.9 Å². The SMILES string of the molecule is CC(CN1CCCN(c2ccccc2F)S1(O)O)C(=O)NC1C2CC3CC1CC(C(N)=O)(C3)C2. The predicted octanol–water partition coefficient (Wildman–Crippen LogP) is 3.35. The topological polar surface area (TPSA) is 119 Å². The number of para-hydroxylation sites is 1. The van der Waals surface area contributed by atoms with Gasteiger partial charge in [-0.15, -0.1) is 0 Å². The molecule has 0 spiro atoms. The van der Waals surface area contributed by atoms with Gasteiger partial charge in [0.15, 0.2) is 0 Å². The summed E-state index contributed by atoms with van der Waals surface area (Å²) >= 11 is 0. The number of nitrogens with one attached hydrogen (secondary N) is 1. The third kappa shape index (κ3) is 3.98. The Hall–Kier alpha value is -1.88. The zero-order valence-corrected chi connectivity index (χ0v) is 20.3. The lowest BCUT2D eigenvalue weighted by molar-refractivity contribution is -0.147. The molecule has 0 aromatic heterocycles. The molecule has 4 bridgehead atoms. The zero-order valence-electron chi connectivity index (χ0n) is 19.5. The summed E-state index contributed by atoms with van der Waals surface area (Å²) in [7, 11) is -3.44. The molecule has 10 heteroatoms. The maximum Gasteiger partial charge on any atom is 0.224 e. The summed E-state index contributed by atoms with van der Waals surface area (Å²) in [5.74, 6) is -0.256. The Kier molecular flexibility index (Phi) is 6.07. The number of hydrogen-bond donors (Lipinski definition) is 4. The minimum Gasteiger partial charge on any atom is -0.369 e. The molecule has 1 heterocycles. The van der Waals surface area contributed by atoms with Gasteiger partial charge < -0.3 is 11.1 Å². The van der Waals surface area contributed by atoms with Crippen LogP contribution in [-0.2, 0) is 9.59 Å². The van der Waals surface area contributed by atoms with Gasteiger partial charge in [0, 0.05) is 37.0 Å². The number of carbonyl (C=O) groups is 2. The predicted molar refractivity (Wildman–Crippen MR) is 129 cm³/mol. The van der Waals surface area contributed by atoms with E-state index >= 15 is 0 Å². The van der Waals surface area contributed by atoms with Gasteiger partial charge in [-0.1, -0.05) is 30.0 Å². The maximum atomic E-state index is 14.4. The summed E-state index contributed by atoms with van der Waals surface area (Å²) in [5.41, 5.74) is 5.53. The molecular weight excluding hydrogens is 459 g/mol. The molecule has 4 saturated carbocycles. The Morgan fingerprint density at radius 1 is 1.21 bits per heavy atom. The quantitative estimate of drug-likeness (QED) is 0.482.